The van der Waals surface area contributed by atoms with Crippen LogP contribution in [0.2, 0.25) is 0 Å². The topological polar surface area (TPSA) is 0 Å². The molecule has 0 atom stereocenters. The second-order valence-electron chi connectivity index (χ2n) is 0.958. The van der Waals surface area contributed by atoms with Crippen LogP contribution >= 0.6 is 18.4 Å². The summed E-state index contributed by atoms with van der Waals surface area (Å²) in [7, 11) is 6.67. The third-order valence-electron chi connectivity index (χ3n) is 0. The standard InChI is InChI=1S/2ClH.4FH.Nb/h6*1H;/q;;;;;;+5/p-6. The molecule has 0 radical (unpaired) electrons. The van der Waals surface area contributed by atoms with Crippen LogP contribution in [0.3, 0.4) is 0 Å². The van der Waals surface area contributed by atoms with E-state index in [0.717, 1.165) is 0 Å². The van der Waals surface area contributed by atoms with E-state index in [-0.39, 0.29) is 0 Å². The molecule has 0 aromatic rings. The zero-order valence-corrected chi connectivity index (χ0v) is 6.43. The predicted octanol–water partition coefficient (Wildman–Crippen LogP) is 3.06. The fraction of sp³-hybridized carbons (Fsp3) is 0. The minimum absolute atomic E-state index is 3.34. The Morgan fingerprint density at radius 1 is 0.857 bits per heavy atom. The Morgan fingerprint density at radius 3 is 0.857 bits per heavy atom. The van der Waals surface area contributed by atoms with Gasteiger partial charge in [-0.2, -0.15) is 0 Å². The molecule has 7 heteroatoms. The van der Waals surface area contributed by atoms with Gasteiger partial charge in [-0.25, -0.2) is 0 Å². The van der Waals surface area contributed by atoms with Crippen LogP contribution in [0.15, 0.2) is 0 Å². The first kappa shape index (κ1) is 8.04. The van der Waals surface area contributed by atoms with Crippen molar-refractivity contribution in [3.05, 3.63) is 0 Å². The third-order valence-corrected chi connectivity index (χ3v) is 0. The number of rotatable bonds is 0. The Labute approximate surface area is 45.2 Å². The van der Waals surface area contributed by atoms with Crippen LogP contribution in [0.1, 0.15) is 0 Å². The van der Waals surface area contributed by atoms with Gasteiger partial charge in [0.2, 0.25) is 0 Å². The molecule has 0 nitrogen and oxygen atoms in total. The van der Waals surface area contributed by atoms with Crippen molar-refractivity contribution in [3.8, 4) is 0 Å². The quantitative estimate of drug-likeness (QED) is 0.450. The van der Waals surface area contributed by atoms with E-state index in [1.807, 2.05) is 0 Å². The van der Waals surface area contributed by atoms with Crippen molar-refractivity contribution in [2.75, 3.05) is 0 Å². The summed E-state index contributed by atoms with van der Waals surface area (Å²) in [5.74, 6) is 0. The van der Waals surface area contributed by atoms with Crippen LogP contribution < -0.4 is 0 Å². The first-order valence-electron chi connectivity index (χ1n) is 1.01. The van der Waals surface area contributed by atoms with Crippen LogP contribution in [0.4, 0.5) is 12.1 Å². The Bertz CT molecular complexity index is 68.3. The Hall–Kier alpha value is 1.04. The summed E-state index contributed by atoms with van der Waals surface area (Å²) < 4.78 is 43.2. The summed E-state index contributed by atoms with van der Waals surface area (Å²) >= 11 is -9.31. The molecule has 0 aromatic carbocycles. The summed E-state index contributed by atoms with van der Waals surface area (Å²) in [6, 6.07) is 0. The van der Waals surface area contributed by atoms with Gasteiger partial charge in [-0.3, -0.25) is 0 Å². The first-order chi connectivity index (χ1) is 2.45. The summed E-state index contributed by atoms with van der Waals surface area (Å²) in [4.78, 5) is 0. The van der Waals surface area contributed by atoms with Gasteiger partial charge in [0.1, 0.15) is 0 Å². The molecule has 0 heterocycles. The zero-order chi connectivity index (χ0) is 6.41. The van der Waals surface area contributed by atoms with Crippen molar-refractivity contribution >= 4 is 18.4 Å². The maximum absolute atomic E-state index is 10.8. The first-order valence-corrected chi connectivity index (χ1v) is 10.0. The minimum atomic E-state index is -9.31. The SMILES string of the molecule is [F][Nb-]([F])([F])([F])([Cl])[Cl]. The molecule has 0 aliphatic rings. The van der Waals surface area contributed by atoms with E-state index in [1.165, 1.54) is 0 Å². The van der Waals surface area contributed by atoms with Gasteiger partial charge < -0.3 is 0 Å². The van der Waals surface area contributed by atoms with Crippen molar-refractivity contribution in [1.29, 1.82) is 0 Å². The zero-order valence-electron chi connectivity index (χ0n) is 2.72. The van der Waals surface area contributed by atoms with Gasteiger partial charge in [0, 0.05) is 0 Å². The second kappa shape index (κ2) is 0.998. The summed E-state index contributed by atoms with van der Waals surface area (Å²) in [6.45, 7) is 0. The molecule has 7 heavy (non-hydrogen) atoms. The van der Waals surface area contributed by atoms with Gasteiger partial charge >= 0.3 is 45.0 Å². The Morgan fingerprint density at radius 2 is 0.857 bits per heavy atom. The van der Waals surface area contributed by atoms with E-state index in [2.05, 4.69) is 18.4 Å². The molecule has 0 spiro atoms. The fourth-order valence-corrected chi connectivity index (χ4v) is 0. The summed E-state index contributed by atoms with van der Waals surface area (Å²) in [5.41, 5.74) is 0. The molecule has 0 unspecified atom stereocenters. The Balaban J connectivity index is 4.43. The van der Waals surface area contributed by atoms with Gasteiger partial charge in [-0.1, -0.05) is 0 Å². The monoisotopic (exact) mass is 239 g/mol. The molecule has 0 aliphatic carbocycles. The molecular formula is Cl2F4Nb-. The van der Waals surface area contributed by atoms with Crippen LogP contribution in [-0.4, -0.2) is 0 Å². The Kier molecular flexibility index (Phi) is 1.15. The van der Waals surface area contributed by atoms with E-state index in [1.54, 1.807) is 0 Å². The molecule has 0 fully saturated rings. The molecule has 0 saturated carbocycles. The molecule has 0 aromatic heterocycles. The number of hydrogen-bond donors (Lipinski definition) is 0. The van der Waals surface area contributed by atoms with Gasteiger partial charge in [0.25, 0.3) is 0 Å². The van der Waals surface area contributed by atoms with Crippen molar-refractivity contribution in [3.63, 3.8) is 0 Å². The van der Waals surface area contributed by atoms with Gasteiger partial charge in [0.15, 0.2) is 0 Å². The molecule has 0 bridgehead atoms. The van der Waals surface area contributed by atoms with Crippen LogP contribution in [-0.2, 0) is 14.5 Å². The average Bonchev–Trinajstić information content (AvgIpc) is 0.592. The van der Waals surface area contributed by atoms with Gasteiger partial charge in [-0.05, 0) is 0 Å². The molecule has 0 rings (SSSR count). The predicted molar refractivity (Wildman–Crippen MR) is 16.1 cm³/mol. The van der Waals surface area contributed by atoms with E-state index in [4.69, 9.17) is 0 Å². The molecular weight excluding hydrogens is 240 g/mol. The normalized spacial score (nSPS) is 23.1. The summed E-state index contributed by atoms with van der Waals surface area (Å²) in [5, 5.41) is 0. The molecule has 48 valence electrons. The van der Waals surface area contributed by atoms with Crippen molar-refractivity contribution in [2.45, 2.75) is 0 Å². The molecule has 0 saturated heterocycles. The van der Waals surface area contributed by atoms with Gasteiger partial charge in [0.05, 0.1) is 0 Å². The van der Waals surface area contributed by atoms with E-state index < -0.39 is 14.5 Å². The maximum atomic E-state index is 10.8. The number of hydrogen-bond acceptors (Lipinski definition) is 0. The van der Waals surface area contributed by atoms with Gasteiger partial charge in [-0.15, -0.1) is 0 Å². The third kappa shape index (κ3) is 165. The molecule has 0 aliphatic heterocycles. The van der Waals surface area contributed by atoms with E-state index >= 15 is 0 Å². The fourth-order valence-electron chi connectivity index (χ4n) is 0. The summed E-state index contributed by atoms with van der Waals surface area (Å²) in [6.07, 6.45) is 0. The van der Waals surface area contributed by atoms with Crippen molar-refractivity contribution in [1.82, 2.24) is 0 Å². The van der Waals surface area contributed by atoms with Crippen LogP contribution in [0.5, 0.6) is 0 Å². The average molecular weight is 240 g/mol. The van der Waals surface area contributed by atoms with E-state index in [9.17, 15) is 12.1 Å². The van der Waals surface area contributed by atoms with E-state index in [0.29, 0.717) is 0 Å². The van der Waals surface area contributed by atoms with Crippen molar-refractivity contribution < 1.29 is 26.6 Å². The molecule has 0 amide bonds. The van der Waals surface area contributed by atoms with Crippen LogP contribution in [0, 0.1) is 0 Å². The second-order valence-corrected chi connectivity index (χ2v) is 14.7. The number of halogens is 6. The van der Waals surface area contributed by atoms with Crippen LogP contribution in [0.25, 0.3) is 0 Å². The molecule has 0 N–H and O–H groups in total. The van der Waals surface area contributed by atoms with Crippen molar-refractivity contribution in [2.24, 2.45) is 0 Å².